The summed E-state index contributed by atoms with van der Waals surface area (Å²) < 4.78 is 8.09. The summed E-state index contributed by atoms with van der Waals surface area (Å²) in [6.45, 7) is 3.19. The van der Waals surface area contributed by atoms with Crippen LogP contribution in [0.15, 0.2) is 24.3 Å². The second-order valence-electron chi connectivity index (χ2n) is 6.36. The smallest absolute Gasteiger partial charge is 0.280 e. The second kappa shape index (κ2) is 8.69. The van der Waals surface area contributed by atoms with Crippen molar-refractivity contribution in [1.82, 2.24) is 19.7 Å². The van der Waals surface area contributed by atoms with Crippen LogP contribution in [0.3, 0.4) is 0 Å². The molecule has 0 aliphatic carbocycles. The van der Waals surface area contributed by atoms with Gasteiger partial charge < -0.3 is 9.64 Å². The summed E-state index contributed by atoms with van der Waals surface area (Å²) in [5.41, 5.74) is 2.14. The number of anilines is 1. The Balaban J connectivity index is 0.00000261. The first-order chi connectivity index (χ1) is 12.4. The number of carbonyl (C=O) groups excluding carboxylic acids is 1. The van der Waals surface area contributed by atoms with Crippen LogP contribution in [0.25, 0.3) is 10.2 Å². The third-order valence-corrected chi connectivity index (χ3v) is 5.21. The Morgan fingerprint density at radius 3 is 2.63 bits per heavy atom. The number of benzene rings is 1. The molecule has 0 fully saturated rings. The first kappa shape index (κ1) is 21.1. The van der Waals surface area contributed by atoms with Crippen molar-refractivity contribution in [1.29, 1.82) is 0 Å². The molecule has 0 atom stereocenters. The molecule has 0 aliphatic heterocycles. The van der Waals surface area contributed by atoms with Crippen molar-refractivity contribution in [3.05, 3.63) is 35.7 Å². The van der Waals surface area contributed by atoms with Gasteiger partial charge in [0.1, 0.15) is 11.3 Å². The maximum Gasteiger partial charge on any atom is 0.280 e. The lowest BCUT2D eigenvalue weighted by Crippen LogP contribution is -2.37. The number of aromatic nitrogens is 3. The van der Waals surface area contributed by atoms with Gasteiger partial charge in [-0.2, -0.15) is 5.10 Å². The van der Waals surface area contributed by atoms with Gasteiger partial charge in [0.25, 0.3) is 5.91 Å². The lowest BCUT2D eigenvalue weighted by Gasteiger charge is -2.21. The quantitative estimate of drug-likeness (QED) is 0.626. The highest BCUT2D eigenvalue weighted by Gasteiger charge is 2.24. The maximum absolute atomic E-state index is 13.1. The molecule has 2 heterocycles. The number of methoxy groups -OCH3 is 1. The molecule has 1 amide bonds. The minimum atomic E-state index is -0.145. The summed E-state index contributed by atoms with van der Waals surface area (Å²) >= 11 is 1.48. The summed E-state index contributed by atoms with van der Waals surface area (Å²) in [5.74, 6) is 0.562. The SMILES string of the molecule is COc1cccc2sc(N(CCN(C)C)C(=O)c3cc(C)n(C)n3)nc12.Cl. The number of halogens is 1. The number of hydrogen-bond donors (Lipinski definition) is 0. The molecule has 0 N–H and O–H groups in total. The highest BCUT2D eigenvalue weighted by Crippen LogP contribution is 2.34. The number of rotatable bonds is 6. The fraction of sp³-hybridized carbons (Fsp3) is 0.389. The first-order valence-electron chi connectivity index (χ1n) is 8.31. The average molecular weight is 410 g/mol. The molecule has 0 saturated heterocycles. The van der Waals surface area contributed by atoms with E-state index in [1.165, 1.54) is 11.3 Å². The molecular weight excluding hydrogens is 386 g/mol. The van der Waals surface area contributed by atoms with Crippen molar-refractivity contribution in [2.24, 2.45) is 7.05 Å². The number of aryl methyl sites for hydroxylation is 2. The molecule has 27 heavy (non-hydrogen) atoms. The van der Waals surface area contributed by atoms with Crippen LogP contribution in [0.4, 0.5) is 5.13 Å². The van der Waals surface area contributed by atoms with E-state index < -0.39 is 0 Å². The van der Waals surface area contributed by atoms with Gasteiger partial charge in [-0.3, -0.25) is 14.4 Å². The van der Waals surface area contributed by atoms with Gasteiger partial charge in [-0.25, -0.2) is 4.98 Å². The summed E-state index contributed by atoms with van der Waals surface area (Å²) in [7, 11) is 7.42. The Bertz CT molecular complexity index is 918. The Hall–Kier alpha value is -2.16. The lowest BCUT2D eigenvalue weighted by atomic mass is 10.3. The van der Waals surface area contributed by atoms with E-state index in [1.807, 2.05) is 51.2 Å². The fourth-order valence-corrected chi connectivity index (χ4v) is 3.59. The molecule has 146 valence electrons. The third-order valence-electron chi connectivity index (χ3n) is 4.17. The number of likely N-dealkylation sites (N-methyl/N-ethyl adjacent to an activating group) is 1. The molecular formula is C18H24ClN5O2S. The van der Waals surface area contributed by atoms with Gasteiger partial charge in [-0.05, 0) is 39.2 Å². The van der Waals surface area contributed by atoms with E-state index >= 15 is 0 Å². The second-order valence-corrected chi connectivity index (χ2v) is 7.37. The zero-order valence-corrected chi connectivity index (χ0v) is 17.7. The average Bonchev–Trinajstić information content (AvgIpc) is 3.18. The van der Waals surface area contributed by atoms with Crippen LogP contribution in [0, 0.1) is 6.92 Å². The Kier molecular flexibility index (Phi) is 6.80. The van der Waals surface area contributed by atoms with Crippen LogP contribution in [0.2, 0.25) is 0 Å². The van der Waals surface area contributed by atoms with E-state index in [4.69, 9.17) is 4.74 Å². The monoisotopic (exact) mass is 409 g/mol. The summed E-state index contributed by atoms with van der Waals surface area (Å²) in [4.78, 5) is 21.5. The minimum Gasteiger partial charge on any atom is -0.494 e. The van der Waals surface area contributed by atoms with Crippen LogP contribution >= 0.6 is 23.7 Å². The number of fused-ring (bicyclic) bond motifs is 1. The zero-order valence-electron chi connectivity index (χ0n) is 16.1. The maximum atomic E-state index is 13.1. The van der Waals surface area contributed by atoms with Crippen LogP contribution < -0.4 is 9.64 Å². The minimum absolute atomic E-state index is 0. The van der Waals surface area contributed by atoms with Crippen molar-refractivity contribution in [2.75, 3.05) is 39.2 Å². The van der Waals surface area contributed by atoms with Crippen LogP contribution in [-0.4, -0.2) is 59.9 Å². The molecule has 0 unspecified atom stereocenters. The molecule has 0 radical (unpaired) electrons. The topological polar surface area (TPSA) is 63.5 Å². The van der Waals surface area contributed by atoms with Crippen molar-refractivity contribution in [3.8, 4) is 5.75 Å². The van der Waals surface area contributed by atoms with Crippen molar-refractivity contribution < 1.29 is 9.53 Å². The Labute approximate surface area is 169 Å². The van der Waals surface area contributed by atoms with E-state index in [1.54, 1.807) is 22.8 Å². The normalized spacial score (nSPS) is 10.9. The van der Waals surface area contributed by atoms with E-state index in [9.17, 15) is 4.79 Å². The third kappa shape index (κ3) is 4.40. The molecule has 1 aromatic carbocycles. The largest absolute Gasteiger partial charge is 0.494 e. The predicted molar refractivity (Wildman–Crippen MR) is 112 cm³/mol. The zero-order chi connectivity index (χ0) is 18.8. The highest BCUT2D eigenvalue weighted by atomic mass is 35.5. The first-order valence-corrected chi connectivity index (χ1v) is 9.13. The van der Waals surface area contributed by atoms with Gasteiger partial charge in [0.05, 0.1) is 11.8 Å². The van der Waals surface area contributed by atoms with Crippen molar-refractivity contribution >= 4 is 45.0 Å². The molecule has 2 aromatic heterocycles. The molecule has 0 spiro atoms. The molecule has 3 aromatic rings. The number of para-hydroxylation sites is 1. The standard InChI is InChI=1S/C18H23N5O2S.ClH/c1-12-11-13(20-22(12)4)17(24)23(10-9-21(2)3)18-19-16-14(25-5)7-6-8-15(16)26-18;/h6-8,11H,9-10H2,1-5H3;1H. The Morgan fingerprint density at radius 2 is 2.04 bits per heavy atom. The molecule has 3 rings (SSSR count). The fourth-order valence-electron chi connectivity index (χ4n) is 2.58. The number of hydrogen-bond acceptors (Lipinski definition) is 6. The number of carbonyl (C=O) groups is 1. The summed E-state index contributed by atoms with van der Waals surface area (Å²) in [6, 6.07) is 7.59. The van der Waals surface area contributed by atoms with E-state index in [2.05, 4.69) is 10.1 Å². The predicted octanol–water partition coefficient (Wildman–Crippen LogP) is 2.98. The van der Waals surface area contributed by atoms with Crippen LogP contribution in [0.1, 0.15) is 16.2 Å². The molecule has 0 bridgehead atoms. The number of amides is 1. The number of thiazole rings is 1. The number of nitrogens with zero attached hydrogens (tertiary/aromatic N) is 5. The number of ether oxygens (including phenoxy) is 1. The lowest BCUT2D eigenvalue weighted by molar-refractivity contribution is 0.0979. The van der Waals surface area contributed by atoms with E-state index in [-0.39, 0.29) is 18.3 Å². The molecule has 9 heteroatoms. The van der Waals surface area contributed by atoms with Gasteiger partial charge in [0.15, 0.2) is 10.8 Å². The van der Waals surface area contributed by atoms with Gasteiger partial charge in [0.2, 0.25) is 0 Å². The van der Waals surface area contributed by atoms with E-state index in [0.717, 1.165) is 22.5 Å². The summed E-state index contributed by atoms with van der Waals surface area (Å²) in [6.07, 6.45) is 0. The van der Waals surface area contributed by atoms with Gasteiger partial charge in [-0.15, -0.1) is 12.4 Å². The van der Waals surface area contributed by atoms with E-state index in [0.29, 0.717) is 23.1 Å². The summed E-state index contributed by atoms with van der Waals surface area (Å²) in [5, 5.41) is 4.99. The van der Waals surface area contributed by atoms with Crippen LogP contribution in [-0.2, 0) is 7.05 Å². The van der Waals surface area contributed by atoms with Gasteiger partial charge in [-0.1, -0.05) is 17.4 Å². The van der Waals surface area contributed by atoms with Gasteiger partial charge in [0, 0.05) is 25.8 Å². The molecule has 0 saturated carbocycles. The molecule has 0 aliphatic rings. The van der Waals surface area contributed by atoms with Crippen LogP contribution in [0.5, 0.6) is 5.75 Å². The Morgan fingerprint density at radius 1 is 1.30 bits per heavy atom. The highest BCUT2D eigenvalue weighted by molar-refractivity contribution is 7.22. The van der Waals surface area contributed by atoms with Crippen molar-refractivity contribution in [2.45, 2.75) is 6.92 Å². The molecule has 7 nitrogen and oxygen atoms in total. The van der Waals surface area contributed by atoms with Gasteiger partial charge >= 0.3 is 0 Å². The van der Waals surface area contributed by atoms with Crippen molar-refractivity contribution in [3.63, 3.8) is 0 Å².